The molecule has 5 rings (SSSR count). The fourth-order valence-corrected chi connectivity index (χ4v) is 4.13. The summed E-state index contributed by atoms with van der Waals surface area (Å²) in [6.45, 7) is 4.05. The van der Waals surface area contributed by atoms with E-state index in [1.54, 1.807) is 35.4 Å². The summed E-state index contributed by atoms with van der Waals surface area (Å²) in [5, 5.41) is 0.854. The molecule has 30 heavy (non-hydrogen) atoms. The van der Waals surface area contributed by atoms with Crippen molar-refractivity contribution in [3.05, 3.63) is 104 Å². The zero-order valence-corrected chi connectivity index (χ0v) is 17.2. The fraction of sp³-hybridized carbons (Fsp3) is 0.167. The van der Waals surface area contributed by atoms with Crippen molar-refractivity contribution in [1.82, 2.24) is 4.90 Å². The van der Waals surface area contributed by atoms with Gasteiger partial charge in [-0.05, 0) is 49.2 Å². The van der Waals surface area contributed by atoms with Gasteiger partial charge in [0.05, 0.1) is 29.8 Å². The van der Waals surface area contributed by atoms with Crippen LogP contribution < -0.4 is 5.43 Å². The van der Waals surface area contributed by atoms with Crippen molar-refractivity contribution >= 4 is 28.5 Å². The first kappa shape index (κ1) is 18.7. The molecular weight excluding hydrogens is 402 g/mol. The summed E-state index contributed by atoms with van der Waals surface area (Å²) in [5.74, 6) is 0.370. The predicted octanol–water partition coefficient (Wildman–Crippen LogP) is 5.40. The van der Waals surface area contributed by atoms with Crippen LogP contribution in [0.5, 0.6) is 0 Å². The van der Waals surface area contributed by atoms with Gasteiger partial charge in [-0.2, -0.15) is 0 Å². The molecule has 0 radical (unpaired) electrons. The lowest BCUT2D eigenvalue weighted by molar-refractivity contribution is 0.0701. The minimum atomic E-state index is -0.570. The summed E-state index contributed by atoms with van der Waals surface area (Å²) in [6.07, 6.45) is 1.56. The molecule has 150 valence electrons. The molecule has 2 aromatic carbocycles. The molecule has 0 fully saturated rings. The SMILES string of the molecule is Cc1ccc(C2c3c(oc4cc(C)c(Cl)cc4c3=O)C(=O)N2Cc2ccco2)cc1. The van der Waals surface area contributed by atoms with Crippen LogP contribution in [0.4, 0.5) is 0 Å². The maximum atomic E-state index is 13.5. The van der Waals surface area contributed by atoms with Crippen molar-refractivity contribution in [1.29, 1.82) is 0 Å². The molecule has 0 bridgehead atoms. The second-order valence-electron chi connectivity index (χ2n) is 7.60. The number of aryl methyl sites for hydroxylation is 2. The predicted molar refractivity (Wildman–Crippen MR) is 114 cm³/mol. The molecule has 0 saturated heterocycles. The summed E-state index contributed by atoms with van der Waals surface area (Å²) < 4.78 is 11.4. The van der Waals surface area contributed by atoms with Gasteiger partial charge in [0.1, 0.15) is 11.3 Å². The first-order chi connectivity index (χ1) is 14.4. The Labute approximate surface area is 177 Å². The van der Waals surface area contributed by atoms with E-state index in [1.165, 1.54) is 0 Å². The van der Waals surface area contributed by atoms with Crippen LogP contribution in [0.1, 0.15) is 44.6 Å². The summed E-state index contributed by atoms with van der Waals surface area (Å²) in [7, 11) is 0. The molecule has 0 saturated carbocycles. The zero-order valence-electron chi connectivity index (χ0n) is 16.4. The lowest BCUT2D eigenvalue weighted by Crippen LogP contribution is -2.29. The zero-order chi connectivity index (χ0) is 21.0. The van der Waals surface area contributed by atoms with Crippen LogP contribution in [-0.4, -0.2) is 10.8 Å². The van der Waals surface area contributed by atoms with Gasteiger partial charge in [0.15, 0.2) is 5.43 Å². The van der Waals surface area contributed by atoms with E-state index in [0.717, 1.165) is 16.7 Å². The van der Waals surface area contributed by atoms with E-state index in [0.29, 0.717) is 27.3 Å². The molecule has 1 amide bonds. The molecule has 1 atom stereocenters. The molecule has 0 aliphatic carbocycles. The molecule has 0 spiro atoms. The Morgan fingerprint density at radius 2 is 1.83 bits per heavy atom. The van der Waals surface area contributed by atoms with Crippen LogP contribution in [0.2, 0.25) is 5.02 Å². The van der Waals surface area contributed by atoms with Crippen molar-refractivity contribution in [2.24, 2.45) is 0 Å². The molecule has 2 aromatic heterocycles. The Hall–Kier alpha value is -3.31. The number of carbonyl (C=O) groups excluding carboxylic acids is 1. The Bertz CT molecular complexity index is 1340. The Kier molecular flexibility index (Phi) is 4.29. The largest absolute Gasteiger partial charge is 0.467 e. The number of benzene rings is 2. The lowest BCUT2D eigenvalue weighted by Gasteiger charge is -2.24. The monoisotopic (exact) mass is 419 g/mol. The molecular formula is C24H18ClNO4. The van der Waals surface area contributed by atoms with E-state index in [2.05, 4.69) is 0 Å². The van der Waals surface area contributed by atoms with Gasteiger partial charge in [0.2, 0.25) is 5.76 Å². The number of fused-ring (bicyclic) bond motifs is 2. The van der Waals surface area contributed by atoms with Gasteiger partial charge in [-0.1, -0.05) is 41.4 Å². The molecule has 4 aromatic rings. The van der Waals surface area contributed by atoms with Crippen molar-refractivity contribution in [3.63, 3.8) is 0 Å². The molecule has 6 heteroatoms. The van der Waals surface area contributed by atoms with E-state index >= 15 is 0 Å². The molecule has 5 nitrogen and oxygen atoms in total. The number of furan rings is 1. The van der Waals surface area contributed by atoms with Crippen LogP contribution in [0.3, 0.4) is 0 Å². The Morgan fingerprint density at radius 3 is 2.53 bits per heavy atom. The number of rotatable bonds is 3. The number of nitrogens with zero attached hydrogens (tertiary/aromatic N) is 1. The highest BCUT2D eigenvalue weighted by molar-refractivity contribution is 6.32. The third-order valence-electron chi connectivity index (χ3n) is 5.55. The van der Waals surface area contributed by atoms with Crippen LogP contribution in [0, 0.1) is 13.8 Å². The first-order valence-electron chi connectivity index (χ1n) is 9.61. The van der Waals surface area contributed by atoms with Gasteiger partial charge in [0, 0.05) is 5.02 Å². The third kappa shape index (κ3) is 2.85. The van der Waals surface area contributed by atoms with E-state index in [-0.39, 0.29) is 23.6 Å². The van der Waals surface area contributed by atoms with Crippen LogP contribution in [0.15, 0.2) is 68.4 Å². The van der Waals surface area contributed by atoms with Crippen LogP contribution >= 0.6 is 11.6 Å². The standard InChI is InChI=1S/C24H18ClNO4/c1-13-5-7-15(8-6-13)21-20-22(27)17-11-18(25)14(2)10-19(17)30-23(20)24(28)26(21)12-16-4-3-9-29-16/h3-11,21H,12H2,1-2H3. The van der Waals surface area contributed by atoms with E-state index in [4.69, 9.17) is 20.4 Å². The summed E-state index contributed by atoms with van der Waals surface area (Å²) in [5.41, 5.74) is 3.16. The highest BCUT2D eigenvalue weighted by Crippen LogP contribution is 2.39. The number of hydrogen-bond donors (Lipinski definition) is 0. The minimum absolute atomic E-state index is 0.0753. The number of amides is 1. The maximum absolute atomic E-state index is 13.5. The Balaban J connectivity index is 1.76. The summed E-state index contributed by atoms with van der Waals surface area (Å²) in [4.78, 5) is 28.5. The highest BCUT2D eigenvalue weighted by atomic mass is 35.5. The summed E-state index contributed by atoms with van der Waals surface area (Å²) in [6, 6.07) is 14.1. The smallest absolute Gasteiger partial charge is 0.291 e. The first-order valence-corrected chi connectivity index (χ1v) is 9.98. The number of halogens is 1. The second-order valence-corrected chi connectivity index (χ2v) is 8.00. The number of hydrogen-bond acceptors (Lipinski definition) is 4. The minimum Gasteiger partial charge on any atom is -0.467 e. The second kappa shape index (κ2) is 6.89. The van der Waals surface area contributed by atoms with Crippen molar-refractivity contribution in [2.75, 3.05) is 0 Å². The van der Waals surface area contributed by atoms with Gasteiger partial charge in [0.25, 0.3) is 5.91 Å². The molecule has 1 unspecified atom stereocenters. The van der Waals surface area contributed by atoms with E-state index in [9.17, 15) is 9.59 Å². The average molecular weight is 420 g/mol. The van der Waals surface area contributed by atoms with Crippen LogP contribution in [-0.2, 0) is 6.54 Å². The maximum Gasteiger partial charge on any atom is 0.291 e. The number of carbonyl (C=O) groups is 1. The van der Waals surface area contributed by atoms with Gasteiger partial charge >= 0.3 is 0 Å². The third-order valence-corrected chi connectivity index (χ3v) is 5.95. The summed E-state index contributed by atoms with van der Waals surface area (Å²) >= 11 is 6.26. The van der Waals surface area contributed by atoms with Crippen molar-refractivity contribution in [2.45, 2.75) is 26.4 Å². The Morgan fingerprint density at radius 1 is 1.07 bits per heavy atom. The average Bonchev–Trinajstić information content (AvgIpc) is 3.33. The normalized spacial score (nSPS) is 15.8. The van der Waals surface area contributed by atoms with E-state index < -0.39 is 6.04 Å². The fourth-order valence-electron chi connectivity index (χ4n) is 3.97. The van der Waals surface area contributed by atoms with Gasteiger partial charge in [-0.25, -0.2) is 0 Å². The van der Waals surface area contributed by atoms with Gasteiger partial charge in [-0.3, -0.25) is 9.59 Å². The van der Waals surface area contributed by atoms with Crippen molar-refractivity contribution < 1.29 is 13.6 Å². The van der Waals surface area contributed by atoms with Gasteiger partial charge in [-0.15, -0.1) is 0 Å². The topological polar surface area (TPSA) is 63.7 Å². The quantitative estimate of drug-likeness (QED) is 0.446. The molecule has 1 aliphatic rings. The molecule has 0 N–H and O–H groups in total. The molecule has 1 aliphatic heterocycles. The lowest BCUT2D eigenvalue weighted by atomic mass is 9.97. The van der Waals surface area contributed by atoms with Gasteiger partial charge < -0.3 is 13.7 Å². The van der Waals surface area contributed by atoms with E-state index in [1.807, 2.05) is 38.1 Å². The van der Waals surface area contributed by atoms with Crippen molar-refractivity contribution in [3.8, 4) is 0 Å². The highest BCUT2D eigenvalue weighted by Gasteiger charge is 2.43. The molecule has 3 heterocycles. The van der Waals surface area contributed by atoms with Crippen LogP contribution in [0.25, 0.3) is 11.0 Å².